The first kappa shape index (κ1) is 11.8. The molecule has 1 heterocycles. The lowest BCUT2D eigenvalue weighted by Crippen LogP contribution is -2.15. The number of carbonyl (C=O) groups is 1. The van der Waals surface area contributed by atoms with Crippen molar-refractivity contribution in [3.63, 3.8) is 0 Å². The molecule has 0 aliphatic heterocycles. The summed E-state index contributed by atoms with van der Waals surface area (Å²) >= 11 is 0. The second-order valence-electron chi connectivity index (χ2n) is 3.46. The SMILES string of the molecule is CC(C)S(=O)(=O)Cc1cc(C(=O)O)co1. The van der Waals surface area contributed by atoms with E-state index in [4.69, 9.17) is 9.52 Å². The Bertz CT molecular complexity index is 455. The second kappa shape index (κ2) is 4.06. The van der Waals surface area contributed by atoms with Gasteiger partial charge in [-0.15, -0.1) is 0 Å². The first-order valence-corrected chi connectivity index (χ1v) is 6.06. The number of sulfone groups is 1. The smallest absolute Gasteiger partial charge is 0.338 e. The van der Waals surface area contributed by atoms with Gasteiger partial charge in [-0.2, -0.15) is 0 Å². The van der Waals surface area contributed by atoms with Crippen LogP contribution < -0.4 is 0 Å². The van der Waals surface area contributed by atoms with E-state index in [2.05, 4.69) is 0 Å². The molecule has 0 radical (unpaired) electrons. The highest BCUT2D eigenvalue weighted by molar-refractivity contribution is 7.91. The van der Waals surface area contributed by atoms with Crippen molar-refractivity contribution in [2.75, 3.05) is 0 Å². The normalized spacial score (nSPS) is 11.9. The lowest BCUT2D eigenvalue weighted by atomic mass is 10.3. The van der Waals surface area contributed by atoms with E-state index in [9.17, 15) is 13.2 Å². The van der Waals surface area contributed by atoms with Crippen molar-refractivity contribution in [2.24, 2.45) is 0 Å². The Morgan fingerprint density at radius 1 is 1.53 bits per heavy atom. The van der Waals surface area contributed by atoms with Gasteiger partial charge in [0.1, 0.15) is 17.8 Å². The van der Waals surface area contributed by atoms with Gasteiger partial charge in [0.15, 0.2) is 9.84 Å². The van der Waals surface area contributed by atoms with Gasteiger partial charge in [0, 0.05) is 0 Å². The molecule has 1 aromatic heterocycles. The van der Waals surface area contributed by atoms with Crippen molar-refractivity contribution in [2.45, 2.75) is 24.9 Å². The molecule has 0 saturated heterocycles. The van der Waals surface area contributed by atoms with Gasteiger partial charge in [0.2, 0.25) is 0 Å². The largest absolute Gasteiger partial charge is 0.478 e. The van der Waals surface area contributed by atoms with Crippen LogP contribution in [0.3, 0.4) is 0 Å². The molecule has 0 spiro atoms. The maximum absolute atomic E-state index is 11.5. The topological polar surface area (TPSA) is 84.6 Å². The molecule has 1 aromatic rings. The number of furan rings is 1. The fraction of sp³-hybridized carbons (Fsp3) is 0.444. The Hall–Kier alpha value is -1.30. The maximum atomic E-state index is 11.5. The average molecular weight is 232 g/mol. The average Bonchev–Trinajstić information content (AvgIpc) is 2.51. The van der Waals surface area contributed by atoms with Crippen LogP contribution >= 0.6 is 0 Å². The van der Waals surface area contributed by atoms with Crippen molar-refractivity contribution >= 4 is 15.8 Å². The summed E-state index contributed by atoms with van der Waals surface area (Å²) in [6.45, 7) is 3.13. The predicted molar refractivity (Wildman–Crippen MR) is 53.4 cm³/mol. The molecule has 0 atom stereocenters. The van der Waals surface area contributed by atoms with Gasteiger partial charge >= 0.3 is 5.97 Å². The summed E-state index contributed by atoms with van der Waals surface area (Å²) in [5.41, 5.74) is -0.0380. The van der Waals surface area contributed by atoms with Gasteiger partial charge in [-0.1, -0.05) is 0 Å². The minimum Gasteiger partial charge on any atom is -0.478 e. The number of carboxylic acid groups (broad SMARTS) is 1. The van der Waals surface area contributed by atoms with E-state index in [0.717, 1.165) is 6.26 Å². The lowest BCUT2D eigenvalue weighted by molar-refractivity contribution is 0.0696. The van der Waals surface area contributed by atoms with Gasteiger partial charge in [0.05, 0.1) is 10.8 Å². The van der Waals surface area contributed by atoms with Crippen molar-refractivity contribution in [3.8, 4) is 0 Å². The molecular formula is C9H12O5S. The van der Waals surface area contributed by atoms with Gasteiger partial charge in [-0.05, 0) is 19.9 Å². The summed E-state index contributed by atoms with van der Waals surface area (Å²) in [5, 5.41) is 8.09. The molecule has 5 nitrogen and oxygen atoms in total. The van der Waals surface area contributed by atoms with Gasteiger partial charge in [0.25, 0.3) is 0 Å². The molecule has 0 aliphatic rings. The molecule has 0 bridgehead atoms. The zero-order chi connectivity index (χ0) is 11.6. The summed E-state index contributed by atoms with van der Waals surface area (Å²) in [4.78, 5) is 10.5. The van der Waals surface area contributed by atoms with E-state index in [1.807, 2.05) is 0 Å². The highest BCUT2D eigenvalue weighted by Gasteiger charge is 2.19. The highest BCUT2D eigenvalue weighted by atomic mass is 32.2. The second-order valence-corrected chi connectivity index (χ2v) is 6.02. The summed E-state index contributed by atoms with van der Waals surface area (Å²) in [5.74, 6) is -1.24. The van der Waals surface area contributed by atoms with Crippen LogP contribution in [0.5, 0.6) is 0 Å². The standard InChI is InChI=1S/C9H12O5S/c1-6(2)15(12,13)5-8-3-7(4-14-8)9(10)11/h3-4,6H,5H2,1-2H3,(H,10,11). The Morgan fingerprint density at radius 3 is 2.53 bits per heavy atom. The van der Waals surface area contributed by atoms with Gasteiger partial charge in [-0.3, -0.25) is 0 Å². The van der Waals surface area contributed by atoms with Crippen LogP contribution in [0.15, 0.2) is 16.7 Å². The van der Waals surface area contributed by atoms with Crippen LogP contribution in [0, 0.1) is 0 Å². The zero-order valence-corrected chi connectivity index (χ0v) is 9.24. The van der Waals surface area contributed by atoms with Crippen LogP contribution in [-0.2, 0) is 15.6 Å². The molecule has 0 aliphatic carbocycles. The van der Waals surface area contributed by atoms with E-state index in [1.165, 1.54) is 6.07 Å². The van der Waals surface area contributed by atoms with Crippen LogP contribution in [0.1, 0.15) is 30.0 Å². The van der Waals surface area contributed by atoms with E-state index in [1.54, 1.807) is 13.8 Å². The third kappa shape index (κ3) is 2.82. The summed E-state index contributed by atoms with van der Waals surface area (Å²) < 4.78 is 27.8. The number of rotatable bonds is 4. The number of carboxylic acids is 1. The van der Waals surface area contributed by atoms with Crippen molar-refractivity contribution in [1.82, 2.24) is 0 Å². The minimum atomic E-state index is -3.25. The van der Waals surface area contributed by atoms with Crippen LogP contribution in [0.25, 0.3) is 0 Å². The molecule has 0 fully saturated rings. The predicted octanol–water partition coefficient (Wildman–Crippen LogP) is 1.30. The Morgan fingerprint density at radius 2 is 2.13 bits per heavy atom. The molecule has 15 heavy (non-hydrogen) atoms. The van der Waals surface area contributed by atoms with Crippen LogP contribution in [-0.4, -0.2) is 24.7 Å². The molecule has 0 saturated carbocycles. The Kier molecular flexibility index (Phi) is 3.18. The van der Waals surface area contributed by atoms with Crippen molar-refractivity contribution < 1.29 is 22.7 Å². The summed E-state index contributed by atoms with van der Waals surface area (Å²) in [6.07, 6.45) is 1.04. The van der Waals surface area contributed by atoms with E-state index < -0.39 is 21.1 Å². The zero-order valence-electron chi connectivity index (χ0n) is 8.43. The van der Waals surface area contributed by atoms with Gasteiger partial charge in [-0.25, -0.2) is 13.2 Å². The van der Waals surface area contributed by atoms with Crippen LogP contribution in [0.4, 0.5) is 0 Å². The number of hydrogen-bond acceptors (Lipinski definition) is 4. The quantitative estimate of drug-likeness (QED) is 0.845. The maximum Gasteiger partial charge on any atom is 0.338 e. The molecule has 0 amide bonds. The minimum absolute atomic E-state index is 0.0380. The molecule has 0 unspecified atom stereocenters. The summed E-state index contributed by atoms with van der Waals surface area (Å²) in [7, 11) is -3.25. The fourth-order valence-electron chi connectivity index (χ4n) is 0.933. The molecular weight excluding hydrogens is 220 g/mol. The fourth-order valence-corrected chi connectivity index (χ4v) is 1.81. The van der Waals surface area contributed by atoms with Crippen molar-refractivity contribution in [1.29, 1.82) is 0 Å². The molecule has 1 rings (SSSR count). The van der Waals surface area contributed by atoms with Gasteiger partial charge < -0.3 is 9.52 Å². The summed E-state index contributed by atoms with van der Waals surface area (Å²) in [6, 6.07) is 1.22. The Labute approximate surface area is 87.6 Å². The number of hydrogen-bond donors (Lipinski definition) is 1. The van der Waals surface area contributed by atoms with E-state index in [-0.39, 0.29) is 17.1 Å². The Balaban J connectivity index is 2.87. The third-order valence-electron chi connectivity index (χ3n) is 1.96. The highest BCUT2D eigenvalue weighted by Crippen LogP contribution is 2.14. The lowest BCUT2D eigenvalue weighted by Gasteiger charge is -2.04. The van der Waals surface area contributed by atoms with E-state index in [0.29, 0.717) is 0 Å². The first-order chi connectivity index (χ1) is 6.83. The first-order valence-electron chi connectivity index (χ1n) is 4.35. The molecule has 84 valence electrons. The van der Waals surface area contributed by atoms with Crippen molar-refractivity contribution in [3.05, 3.63) is 23.7 Å². The molecule has 1 N–H and O–H groups in total. The molecule has 0 aromatic carbocycles. The van der Waals surface area contributed by atoms with E-state index >= 15 is 0 Å². The molecule has 6 heteroatoms. The third-order valence-corrected chi connectivity index (χ3v) is 4.09. The number of aromatic carboxylic acids is 1. The van der Waals surface area contributed by atoms with Crippen LogP contribution in [0.2, 0.25) is 0 Å². The monoisotopic (exact) mass is 232 g/mol.